The van der Waals surface area contributed by atoms with Gasteiger partial charge in [-0.15, -0.1) is 0 Å². The number of carbonyl (C=O) groups excluding carboxylic acids is 1. The maximum Gasteiger partial charge on any atom is 0.416 e. The predicted octanol–water partition coefficient (Wildman–Crippen LogP) is 6.33. The van der Waals surface area contributed by atoms with E-state index >= 15 is 0 Å². The summed E-state index contributed by atoms with van der Waals surface area (Å²) in [5, 5.41) is 3.00. The zero-order valence-electron chi connectivity index (χ0n) is 21.8. The molecule has 0 unspecified atom stereocenters. The summed E-state index contributed by atoms with van der Waals surface area (Å²) in [5.41, 5.74) is 1.64. The zero-order valence-corrected chi connectivity index (χ0v) is 22.6. The van der Waals surface area contributed by atoms with Gasteiger partial charge in [0.15, 0.2) is 0 Å². The summed E-state index contributed by atoms with van der Waals surface area (Å²) in [6.45, 7) is 2.47. The Morgan fingerprint density at radius 3 is 2.21 bits per heavy atom. The third kappa shape index (κ3) is 7.70. The van der Waals surface area contributed by atoms with E-state index in [1.54, 1.807) is 18.2 Å². The lowest BCUT2D eigenvalue weighted by atomic mass is 9.81. The molecule has 1 N–H and O–H groups in total. The number of benzene rings is 3. The number of hydrogen-bond donors (Lipinski definition) is 1. The van der Waals surface area contributed by atoms with E-state index in [0.29, 0.717) is 32.2 Å². The number of sulfonamides is 1. The highest BCUT2D eigenvalue weighted by Gasteiger charge is 2.33. The van der Waals surface area contributed by atoms with E-state index in [4.69, 9.17) is 0 Å². The van der Waals surface area contributed by atoms with Crippen LogP contribution >= 0.6 is 0 Å². The second-order valence-corrected chi connectivity index (χ2v) is 12.2. The number of hydrogen-bond acceptors (Lipinski definition) is 3. The summed E-state index contributed by atoms with van der Waals surface area (Å²) in [5.74, 6) is -0.156. The van der Waals surface area contributed by atoms with Gasteiger partial charge in [0, 0.05) is 25.6 Å². The maximum absolute atomic E-state index is 13.5. The highest BCUT2D eigenvalue weighted by atomic mass is 32.2. The second kappa shape index (κ2) is 12.3. The van der Waals surface area contributed by atoms with E-state index in [2.05, 4.69) is 5.32 Å². The second-order valence-electron chi connectivity index (χ2n) is 10.2. The van der Waals surface area contributed by atoms with Gasteiger partial charge in [0.25, 0.3) is 0 Å². The van der Waals surface area contributed by atoms with Gasteiger partial charge in [0.05, 0.1) is 10.5 Å². The molecular weight excluding hydrogens is 525 g/mol. The van der Waals surface area contributed by atoms with Crippen LogP contribution in [-0.4, -0.2) is 25.2 Å². The predicted molar refractivity (Wildman–Crippen MR) is 144 cm³/mol. The Hall–Kier alpha value is -3.17. The average Bonchev–Trinajstić information content (AvgIpc) is 2.93. The molecular formula is C30H33F3N2O3S. The Labute approximate surface area is 228 Å². The highest BCUT2D eigenvalue weighted by Crippen LogP contribution is 2.33. The molecule has 0 aliphatic heterocycles. The van der Waals surface area contributed by atoms with Crippen LogP contribution in [0.15, 0.2) is 83.8 Å². The fourth-order valence-corrected chi connectivity index (χ4v) is 6.50. The van der Waals surface area contributed by atoms with Crippen molar-refractivity contribution in [1.82, 2.24) is 9.62 Å². The Kier molecular flexibility index (Phi) is 9.12. The molecule has 208 valence electrons. The molecule has 1 fully saturated rings. The molecule has 0 bridgehead atoms. The molecule has 0 atom stereocenters. The van der Waals surface area contributed by atoms with Crippen LogP contribution < -0.4 is 5.32 Å². The Bertz CT molecular complexity index is 1350. The van der Waals surface area contributed by atoms with Gasteiger partial charge in [0.1, 0.15) is 0 Å². The molecule has 39 heavy (non-hydrogen) atoms. The molecule has 0 saturated heterocycles. The van der Waals surface area contributed by atoms with Crippen molar-refractivity contribution < 1.29 is 26.4 Å². The summed E-state index contributed by atoms with van der Waals surface area (Å²) >= 11 is 0. The van der Waals surface area contributed by atoms with Gasteiger partial charge in [-0.2, -0.15) is 17.5 Å². The summed E-state index contributed by atoms with van der Waals surface area (Å²) in [6, 6.07) is 20.7. The minimum Gasteiger partial charge on any atom is -0.352 e. The van der Waals surface area contributed by atoms with E-state index < -0.39 is 21.8 Å². The number of halogens is 3. The minimum atomic E-state index is -4.52. The van der Waals surface area contributed by atoms with Crippen LogP contribution in [0.2, 0.25) is 0 Å². The lowest BCUT2D eigenvalue weighted by molar-refractivity contribution is -0.137. The van der Waals surface area contributed by atoms with Crippen molar-refractivity contribution in [1.29, 1.82) is 0 Å². The van der Waals surface area contributed by atoms with Gasteiger partial charge >= 0.3 is 6.18 Å². The van der Waals surface area contributed by atoms with Gasteiger partial charge in [-0.1, -0.05) is 66.2 Å². The normalized spacial score (nSPS) is 18.2. The first kappa shape index (κ1) is 28.8. The fraction of sp³-hybridized carbons (Fsp3) is 0.367. The number of nitrogens with zero attached hydrogens (tertiary/aromatic N) is 1. The molecule has 5 nitrogen and oxygen atoms in total. The van der Waals surface area contributed by atoms with Crippen LogP contribution in [0.4, 0.5) is 13.2 Å². The van der Waals surface area contributed by atoms with E-state index in [1.165, 1.54) is 28.6 Å². The SMILES string of the molecule is Cc1ccc(CNC(=O)C2CCC(CN(Cc3cccc(C(F)(F)F)c3)S(=O)(=O)c3ccccc3)CC2)cc1. The summed E-state index contributed by atoms with van der Waals surface area (Å²) in [4.78, 5) is 12.9. The van der Waals surface area contributed by atoms with Crippen molar-refractivity contribution in [3.8, 4) is 0 Å². The fourth-order valence-electron chi connectivity index (χ4n) is 4.97. The van der Waals surface area contributed by atoms with E-state index in [9.17, 15) is 26.4 Å². The third-order valence-electron chi connectivity index (χ3n) is 7.26. The van der Waals surface area contributed by atoms with Crippen LogP contribution in [0.3, 0.4) is 0 Å². The van der Waals surface area contributed by atoms with Crippen molar-refractivity contribution in [2.75, 3.05) is 6.54 Å². The number of aryl methyl sites for hydroxylation is 1. The van der Waals surface area contributed by atoms with Crippen molar-refractivity contribution in [2.45, 2.75) is 56.8 Å². The minimum absolute atomic E-state index is 0.00423. The molecule has 0 spiro atoms. The average molecular weight is 559 g/mol. The maximum atomic E-state index is 13.5. The Morgan fingerprint density at radius 2 is 1.56 bits per heavy atom. The number of alkyl halides is 3. The molecule has 3 aromatic carbocycles. The molecule has 9 heteroatoms. The van der Waals surface area contributed by atoms with Crippen LogP contribution in [0.25, 0.3) is 0 Å². The summed E-state index contributed by atoms with van der Waals surface area (Å²) < 4.78 is 68.2. The van der Waals surface area contributed by atoms with Gasteiger partial charge in [-0.25, -0.2) is 8.42 Å². The van der Waals surface area contributed by atoms with Crippen LogP contribution in [0.1, 0.15) is 47.9 Å². The molecule has 1 saturated carbocycles. The molecule has 4 rings (SSSR count). The quantitative estimate of drug-likeness (QED) is 0.334. The molecule has 1 amide bonds. The number of nitrogens with one attached hydrogen (secondary N) is 1. The van der Waals surface area contributed by atoms with Gasteiger partial charge < -0.3 is 5.32 Å². The molecule has 0 radical (unpaired) electrons. The Balaban J connectivity index is 1.42. The van der Waals surface area contributed by atoms with E-state index in [0.717, 1.165) is 23.3 Å². The third-order valence-corrected chi connectivity index (χ3v) is 9.09. The first-order valence-corrected chi connectivity index (χ1v) is 14.5. The standard InChI is InChI=1S/C30H33F3N2O3S/c1-22-10-12-23(13-11-22)19-34-29(36)26-16-14-24(15-17-26)20-35(39(37,38)28-8-3-2-4-9-28)21-25-6-5-7-27(18-25)30(31,32)33/h2-13,18,24,26H,14-17,19-21H2,1H3,(H,34,36). The lowest BCUT2D eigenvalue weighted by Gasteiger charge is -2.32. The molecule has 0 heterocycles. The highest BCUT2D eigenvalue weighted by molar-refractivity contribution is 7.89. The van der Waals surface area contributed by atoms with E-state index in [-0.39, 0.29) is 41.3 Å². The van der Waals surface area contributed by atoms with Crippen molar-refractivity contribution in [2.24, 2.45) is 11.8 Å². The van der Waals surface area contributed by atoms with E-state index in [1.807, 2.05) is 31.2 Å². The smallest absolute Gasteiger partial charge is 0.352 e. The van der Waals surface area contributed by atoms with Gasteiger partial charge in [0.2, 0.25) is 15.9 Å². The largest absolute Gasteiger partial charge is 0.416 e. The molecule has 0 aromatic heterocycles. The molecule has 3 aromatic rings. The van der Waals surface area contributed by atoms with Crippen molar-refractivity contribution in [3.63, 3.8) is 0 Å². The first-order valence-electron chi connectivity index (χ1n) is 13.1. The summed E-state index contributed by atoms with van der Waals surface area (Å²) in [6.07, 6.45) is -1.93. The number of rotatable bonds is 9. The number of carbonyl (C=O) groups is 1. The topological polar surface area (TPSA) is 66.5 Å². The number of amides is 1. The summed E-state index contributed by atoms with van der Waals surface area (Å²) in [7, 11) is -3.95. The zero-order chi connectivity index (χ0) is 28.0. The molecule has 1 aliphatic rings. The van der Waals surface area contributed by atoms with Crippen LogP contribution in [-0.2, 0) is 34.1 Å². The van der Waals surface area contributed by atoms with Crippen molar-refractivity contribution in [3.05, 3.63) is 101 Å². The lowest BCUT2D eigenvalue weighted by Crippen LogP contribution is -2.38. The van der Waals surface area contributed by atoms with Gasteiger partial charge in [-0.3, -0.25) is 4.79 Å². The van der Waals surface area contributed by atoms with Crippen LogP contribution in [0, 0.1) is 18.8 Å². The van der Waals surface area contributed by atoms with Crippen LogP contribution in [0.5, 0.6) is 0 Å². The van der Waals surface area contributed by atoms with Gasteiger partial charge in [-0.05, 0) is 67.9 Å². The monoisotopic (exact) mass is 558 g/mol. The van der Waals surface area contributed by atoms with Crippen molar-refractivity contribution >= 4 is 15.9 Å². The first-order chi connectivity index (χ1) is 18.5. The molecule has 1 aliphatic carbocycles. The Morgan fingerprint density at radius 1 is 0.897 bits per heavy atom.